The maximum Gasteiger partial charge on any atom is 0.472 e. The van der Waals surface area contributed by atoms with Crippen molar-refractivity contribution in [2.75, 3.05) is 47.5 Å². The smallest absolute Gasteiger partial charge is 0.462 e. The van der Waals surface area contributed by atoms with Crippen molar-refractivity contribution in [2.24, 2.45) is 0 Å². The maximum absolute atomic E-state index is 12.7. The number of phosphoric ester groups is 1. The third-order valence-electron chi connectivity index (χ3n) is 10.6. The summed E-state index contributed by atoms with van der Waals surface area (Å²) in [5.41, 5.74) is 0. The van der Waals surface area contributed by atoms with E-state index >= 15 is 0 Å². The molecule has 0 fully saturated rings. The molecule has 0 spiro atoms. The van der Waals surface area contributed by atoms with Gasteiger partial charge in [0.2, 0.25) is 0 Å². The Morgan fingerprint density at radius 3 is 1.30 bits per heavy atom. The standard InChI is InChI=1S/C56H96NO8P/c1-6-8-10-12-14-16-18-20-22-24-26-27-28-29-31-32-34-36-38-40-42-44-46-48-55(58)62-52-54(53-64-66(60,61)63-51-50-57(3,4)5)65-56(59)49-47-45-43-41-39-37-35-33-30-25-23-21-19-17-15-13-11-9-7-2/h9,11,15,17-18,20-21,23-24,26,28-30,33,37,39,54H,6-8,10,12-14,16,19,22,25,27,31-32,34-36,38,40-53H2,1-5H3/p+1/b11-9-,17-15-,20-18-,23-21-,26-24-,29-28-,33-30-,39-37-. The number of nitrogens with zero attached hydrogens (tertiary/aromatic N) is 1. The molecular weight excluding hydrogens is 846 g/mol. The van der Waals surface area contributed by atoms with Crippen LogP contribution < -0.4 is 0 Å². The predicted octanol–water partition coefficient (Wildman–Crippen LogP) is 15.7. The van der Waals surface area contributed by atoms with Gasteiger partial charge in [-0.05, 0) is 96.3 Å². The fraction of sp³-hybridized carbons (Fsp3) is 0.679. The van der Waals surface area contributed by atoms with Crippen LogP contribution in [0.4, 0.5) is 0 Å². The number of hydrogen-bond acceptors (Lipinski definition) is 7. The third kappa shape index (κ3) is 50.3. The van der Waals surface area contributed by atoms with E-state index in [-0.39, 0.29) is 32.0 Å². The number of carbonyl (C=O) groups excluding carboxylic acids is 2. The highest BCUT2D eigenvalue weighted by atomic mass is 31.2. The second-order valence-electron chi connectivity index (χ2n) is 18.2. The zero-order valence-corrected chi connectivity index (χ0v) is 43.5. The second-order valence-corrected chi connectivity index (χ2v) is 19.6. The van der Waals surface area contributed by atoms with Gasteiger partial charge in [0.25, 0.3) is 0 Å². The third-order valence-corrected chi connectivity index (χ3v) is 11.6. The van der Waals surface area contributed by atoms with Crippen molar-refractivity contribution in [3.05, 3.63) is 97.2 Å². The molecule has 1 N–H and O–H groups in total. The normalized spacial score (nSPS) is 14.2. The summed E-state index contributed by atoms with van der Waals surface area (Å²) in [5, 5.41) is 0. The molecule has 0 heterocycles. The second kappa shape index (κ2) is 47.0. The number of likely N-dealkylation sites (N-methyl/N-ethyl adjacent to an activating group) is 1. The summed E-state index contributed by atoms with van der Waals surface area (Å²) in [6, 6.07) is 0. The Morgan fingerprint density at radius 1 is 0.485 bits per heavy atom. The van der Waals surface area contributed by atoms with Crippen LogP contribution in [0.3, 0.4) is 0 Å². The van der Waals surface area contributed by atoms with Crippen LogP contribution in [0.15, 0.2) is 97.2 Å². The zero-order valence-electron chi connectivity index (χ0n) is 42.6. The van der Waals surface area contributed by atoms with Crippen molar-refractivity contribution in [2.45, 2.75) is 200 Å². The quantitative estimate of drug-likeness (QED) is 0.0211. The number of quaternary nitrogens is 1. The van der Waals surface area contributed by atoms with Crippen LogP contribution in [0.1, 0.15) is 194 Å². The number of ether oxygens (including phenoxy) is 2. The highest BCUT2D eigenvalue weighted by Gasteiger charge is 2.27. The molecule has 0 saturated heterocycles. The molecular formula is C56H97NO8P+. The molecule has 0 rings (SSSR count). The van der Waals surface area contributed by atoms with E-state index in [0.29, 0.717) is 17.4 Å². The summed E-state index contributed by atoms with van der Waals surface area (Å²) in [4.78, 5) is 35.6. The highest BCUT2D eigenvalue weighted by Crippen LogP contribution is 2.43. The summed E-state index contributed by atoms with van der Waals surface area (Å²) < 4.78 is 34.4. The molecule has 0 amide bonds. The summed E-state index contributed by atoms with van der Waals surface area (Å²) in [5.74, 6) is -0.851. The van der Waals surface area contributed by atoms with Gasteiger partial charge in [-0.2, -0.15) is 0 Å². The predicted molar refractivity (Wildman–Crippen MR) is 279 cm³/mol. The fourth-order valence-corrected chi connectivity index (χ4v) is 7.32. The minimum absolute atomic E-state index is 0.0181. The van der Waals surface area contributed by atoms with Gasteiger partial charge in [0, 0.05) is 12.8 Å². The first-order valence-electron chi connectivity index (χ1n) is 26.0. The van der Waals surface area contributed by atoms with Crippen molar-refractivity contribution in [1.82, 2.24) is 0 Å². The molecule has 0 aromatic carbocycles. The summed E-state index contributed by atoms with van der Waals surface area (Å²) >= 11 is 0. The van der Waals surface area contributed by atoms with Gasteiger partial charge in [-0.15, -0.1) is 0 Å². The Kier molecular flexibility index (Phi) is 44.8. The molecule has 0 saturated carbocycles. The van der Waals surface area contributed by atoms with E-state index in [1.165, 1.54) is 64.2 Å². The number of phosphoric acid groups is 1. The van der Waals surface area contributed by atoms with Crippen molar-refractivity contribution in [3.8, 4) is 0 Å². The summed E-state index contributed by atoms with van der Waals surface area (Å²) in [7, 11) is 1.43. The topological polar surface area (TPSA) is 108 Å². The van der Waals surface area contributed by atoms with E-state index in [1.54, 1.807) is 0 Å². The molecule has 0 bridgehead atoms. The van der Waals surface area contributed by atoms with E-state index in [0.717, 1.165) is 96.3 Å². The van der Waals surface area contributed by atoms with Gasteiger partial charge in [0.1, 0.15) is 19.8 Å². The van der Waals surface area contributed by atoms with Crippen molar-refractivity contribution in [1.29, 1.82) is 0 Å². The van der Waals surface area contributed by atoms with E-state index < -0.39 is 26.5 Å². The van der Waals surface area contributed by atoms with Gasteiger partial charge < -0.3 is 18.9 Å². The van der Waals surface area contributed by atoms with Crippen LogP contribution in [0.2, 0.25) is 0 Å². The van der Waals surface area contributed by atoms with E-state index in [1.807, 2.05) is 21.1 Å². The lowest BCUT2D eigenvalue weighted by Gasteiger charge is -2.24. The molecule has 0 aliphatic carbocycles. The molecule has 9 nitrogen and oxygen atoms in total. The maximum atomic E-state index is 12.7. The Hall–Kier alpha value is -3.07. The largest absolute Gasteiger partial charge is 0.472 e. The number of allylic oxidation sites excluding steroid dienone is 16. The summed E-state index contributed by atoms with van der Waals surface area (Å²) in [6.07, 6.45) is 63.2. The van der Waals surface area contributed by atoms with Crippen LogP contribution in [-0.4, -0.2) is 74.9 Å². The molecule has 0 radical (unpaired) electrons. The van der Waals surface area contributed by atoms with Gasteiger partial charge in [-0.25, -0.2) is 4.57 Å². The van der Waals surface area contributed by atoms with Crippen LogP contribution in [0, 0.1) is 0 Å². The number of rotatable bonds is 46. The van der Waals surface area contributed by atoms with Crippen LogP contribution >= 0.6 is 7.82 Å². The van der Waals surface area contributed by atoms with Gasteiger partial charge in [-0.1, -0.05) is 182 Å². The molecule has 2 atom stereocenters. The van der Waals surface area contributed by atoms with Crippen LogP contribution in [-0.2, 0) is 32.7 Å². The minimum Gasteiger partial charge on any atom is -0.462 e. The van der Waals surface area contributed by atoms with Gasteiger partial charge >= 0.3 is 19.8 Å². The van der Waals surface area contributed by atoms with E-state index in [4.69, 9.17) is 18.5 Å². The number of unbranched alkanes of at least 4 members (excludes halogenated alkanes) is 16. The Labute approximate surface area is 404 Å². The highest BCUT2D eigenvalue weighted by molar-refractivity contribution is 7.47. The SMILES string of the molecule is CC/C=C\C/C=C\C/C=C\C/C=C\C/C=C\CCCCCC(=O)OC(COC(=O)CCCCCCCCCC/C=C\C/C=C\C/C=C\CCCCCCC)COP(=O)(O)OCC[N+](C)(C)C. The molecule has 0 aromatic heterocycles. The average Bonchev–Trinajstić information content (AvgIpc) is 3.27. The first-order valence-corrected chi connectivity index (χ1v) is 27.5. The molecule has 0 aliphatic heterocycles. The Balaban J connectivity index is 4.34. The van der Waals surface area contributed by atoms with Gasteiger partial charge in [0.05, 0.1) is 27.7 Å². The molecule has 2 unspecified atom stereocenters. The average molecular weight is 943 g/mol. The first-order chi connectivity index (χ1) is 32.0. The molecule has 10 heteroatoms. The lowest BCUT2D eigenvalue weighted by molar-refractivity contribution is -0.870. The number of hydrogen-bond donors (Lipinski definition) is 1. The summed E-state index contributed by atoms with van der Waals surface area (Å²) in [6.45, 7) is 4.24. The monoisotopic (exact) mass is 943 g/mol. The first kappa shape index (κ1) is 62.9. The fourth-order valence-electron chi connectivity index (χ4n) is 6.58. The molecule has 378 valence electrons. The molecule has 66 heavy (non-hydrogen) atoms. The van der Waals surface area contributed by atoms with E-state index in [2.05, 4.69) is 111 Å². The number of esters is 2. The zero-order chi connectivity index (χ0) is 48.5. The van der Waals surface area contributed by atoms with Crippen LogP contribution in [0.5, 0.6) is 0 Å². The van der Waals surface area contributed by atoms with Crippen molar-refractivity contribution in [3.63, 3.8) is 0 Å². The number of carbonyl (C=O) groups is 2. The van der Waals surface area contributed by atoms with Crippen LogP contribution in [0.25, 0.3) is 0 Å². The van der Waals surface area contributed by atoms with E-state index in [9.17, 15) is 19.0 Å². The lowest BCUT2D eigenvalue weighted by atomic mass is 10.1. The Bertz CT molecular complexity index is 1440. The lowest BCUT2D eigenvalue weighted by Crippen LogP contribution is -2.37. The van der Waals surface area contributed by atoms with Crippen molar-refractivity contribution >= 4 is 19.8 Å². The van der Waals surface area contributed by atoms with Crippen molar-refractivity contribution < 1.29 is 42.1 Å². The Morgan fingerprint density at radius 2 is 0.864 bits per heavy atom. The van der Waals surface area contributed by atoms with Gasteiger partial charge in [0.15, 0.2) is 6.10 Å². The van der Waals surface area contributed by atoms with Gasteiger partial charge in [-0.3, -0.25) is 18.6 Å². The minimum atomic E-state index is -4.40. The molecule has 0 aromatic rings. The molecule has 0 aliphatic rings.